The zero-order valence-electron chi connectivity index (χ0n) is 14.0. The molecule has 118 valence electrons. The monoisotopic (exact) mass is 299 g/mol. The van der Waals surface area contributed by atoms with Crippen molar-refractivity contribution in [1.82, 2.24) is 15.1 Å². The maximum absolute atomic E-state index is 5.92. The summed E-state index contributed by atoms with van der Waals surface area (Å²) >= 11 is 0. The number of aromatic nitrogens is 2. The Morgan fingerprint density at radius 3 is 2.59 bits per heavy atom. The van der Waals surface area contributed by atoms with E-state index in [4.69, 9.17) is 4.42 Å². The van der Waals surface area contributed by atoms with Crippen LogP contribution in [0.1, 0.15) is 44.6 Å². The summed E-state index contributed by atoms with van der Waals surface area (Å²) in [7, 11) is 0. The molecular weight excluding hydrogens is 274 g/mol. The van der Waals surface area contributed by atoms with Crippen LogP contribution in [0.2, 0.25) is 0 Å². The van der Waals surface area contributed by atoms with Gasteiger partial charge in [0.2, 0.25) is 11.8 Å². The normalized spacial score (nSPS) is 19.7. The lowest BCUT2D eigenvalue weighted by atomic mass is 9.96. The number of benzene rings is 1. The molecule has 0 spiro atoms. The molecule has 22 heavy (non-hydrogen) atoms. The van der Waals surface area contributed by atoms with Gasteiger partial charge in [-0.05, 0) is 37.4 Å². The highest BCUT2D eigenvalue weighted by Gasteiger charge is 2.30. The lowest BCUT2D eigenvalue weighted by molar-refractivity contribution is 0.223. The summed E-state index contributed by atoms with van der Waals surface area (Å²) in [5.41, 5.74) is 2.56. The summed E-state index contributed by atoms with van der Waals surface area (Å²) < 4.78 is 5.92. The zero-order valence-corrected chi connectivity index (χ0v) is 14.0. The van der Waals surface area contributed by atoms with Gasteiger partial charge in [0, 0.05) is 18.7 Å². The molecule has 0 N–H and O–H groups in total. The number of likely N-dealkylation sites (tertiary alicyclic amines) is 1. The fourth-order valence-corrected chi connectivity index (χ4v) is 3.06. The van der Waals surface area contributed by atoms with Crippen molar-refractivity contribution in [3.8, 4) is 11.5 Å². The Morgan fingerprint density at radius 2 is 1.91 bits per heavy atom. The van der Waals surface area contributed by atoms with Crippen LogP contribution < -0.4 is 0 Å². The van der Waals surface area contributed by atoms with Gasteiger partial charge in [-0.2, -0.15) is 0 Å². The Balaban J connectivity index is 1.68. The van der Waals surface area contributed by atoms with Crippen LogP contribution in [0, 0.1) is 12.3 Å². The second kappa shape index (κ2) is 5.84. The van der Waals surface area contributed by atoms with E-state index < -0.39 is 0 Å². The third kappa shape index (κ3) is 3.55. The molecule has 0 amide bonds. The SMILES string of the molecule is Cc1ccc(-c2nnc(C3CCN(CC(C)(C)C)C3)o2)cc1. The summed E-state index contributed by atoms with van der Waals surface area (Å²) in [6.45, 7) is 12.2. The molecule has 0 radical (unpaired) electrons. The number of nitrogens with zero attached hydrogens (tertiary/aromatic N) is 3. The average molecular weight is 299 g/mol. The highest BCUT2D eigenvalue weighted by Crippen LogP contribution is 2.30. The highest BCUT2D eigenvalue weighted by molar-refractivity contribution is 5.52. The van der Waals surface area contributed by atoms with E-state index in [9.17, 15) is 0 Å². The van der Waals surface area contributed by atoms with E-state index in [1.54, 1.807) is 0 Å². The molecule has 1 saturated heterocycles. The van der Waals surface area contributed by atoms with Crippen molar-refractivity contribution in [2.75, 3.05) is 19.6 Å². The van der Waals surface area contributed by atoms with Gasteiger partial charge in [0.05, 0.1) is 5.92 Å². The number of hydrogen-bond acceptors (Lipinski definition) is 4. The van der Waals surface area contributed by atoms with Crippen molar-refractivity contribution < 1.29 is 4.42 Å². The van der Waals surface area contributed by atoms with Crippen molar-refractivity contribution in [1.29, 1.82) is 0 Å². The van der Waals surface area contributed by atoms with Crippen LogP contribution in [0.3, 0.4) is 0 Å². The van der Waals surface area contributed by atoms with Gasteiger partial charge in [0.25, 0.3) is 0 Å². The van der Waals surface area contributed by atoms with Gasteiger partial charge in [-0.3, -0.25) is 0 Å². The summed E-state index contributed by atoms with van der Waals surface area (Å²) in [4.78, 5) is 2.50. The largest absolute Gasteiger partial charge is 0.420 e. The van der Waals surface area contributed by atoms with Crippen molar-refractivity contribution >= 4 is 0 Å². The molecule has 1 aliphatic heterocycles. The Kier molecular flexibility index (Phi) is 4.04. The summed E-state index contributed by atoms with van der Waals surface area (Å²) in [6, 6.07) is 8.21. The van der Waals surface area contributed by atoms with Crippen LogP contribution >= 0.6 is 0 Å². The fourth-order valence-electron chi connectivity index (χ4n) is 3.06. The molecule has 1 atom stereocenters. The van der Waals surface area contributed by atoms with Gasteiger partial charge in [-0.15, -0.1) is 10.2 Å². The first-order chi connectivity index (χ1) is 10.4. The van der Waals surface area contributed by atoms with E-state index in [0.29, 0.717) is 17.2 Å². The molecule has 0 saturated carbocycles. The van der Waals surface area contributed by atoms with Gasteiger partial charge in [-0.1, -0.05) is 38.5 Å². The minimum absolute atomic E-state index is 0.330. The Hall–Kier alpha value is -1.68. The molecule has 0 bridgehead atoms. The van der Waals surface area contributed by atoms with Crippen molar-refractivity contribution in [3.63, 3.8) is 0 Å². The van der Waals surface area contributed by atoms with Gasteiger partial charge < -0.3 is 9.32 Å². The molecule has 1 aliphatic rings. The first-order valence-corrected chi connectivity index (χ1v) is 8.03. The summed E-state index contributed by atoms with van der Waals surface area (Å²) in [5.74, 6) is 1.78. The van der Waals surface area contributed by atoms with Crippen LogP contribution in [0.25, 0.3) is 11.5 Å². The van der Waals surface area contributed by atoms with Crippen LogP contribution in [0.5, 0.6) is 0 Å². The second-order valence-corrected chi connectivity index (χ2v) is 7.59. The lowest BCUT2D eigenvalue weighted by Crippen LogP contribution is -2.30. The molecule has 1 fully saturated rings. The van der Waals surface area contributed by atoms with Gasteiger partial charge in [0.15, 0.2) is 0 Å². The lowest BCUT2D eigenvalue weighted by Gasteiger charge is -2.25. The van der Waals surface area contributed by atoms with Crippen molar-refractivity contribution in [2.45, 2.75) is 40.0 Å². The van der Waals surface area contributed by atoms with Crippen LogP contribution in [-0.2, 0) is 0 Å². The molecule has 4 nitrogen and oxygen atoms in total. The third-order valence-electron chi connectivity index (χ3n) is 4.06. The molecule has 2 heterocycles. The Labute approximate surface area is 132 Å². The number of aryl methyl sites for hydroxylation is 1. The van der Waals surface area contributed by atoms with E-state index in [1.165, 1.54) is 5.56 Å². The molecule has 1 unspecified atom stereocenters. The average Bonchev–Trinajstić information content (AvgIpc) is 3.06. The predicted octanol–water partition coefficient (Wildman–Crippen LogP) is 3.88. The van der Waals surface area contributed by atoms with E-state index >= 15 is 0 Å². The quantitative estimate of drug-likeness (QED) is 0.862. The van der Waals surface area contributed by atoms with Crippen molar-refractivity contribution in [3.05, 3.63) is 35.7 Å². The van der Waals surface area contributed by atoms with Crippen LogP contribution in [-0.4, -0.2) is 34.7 Å². The van der Waals surface area contributed by atoms with E-state index in [-0.39, 0.29) is 0 Å². The topological polar surface area (TPSA) is 42.2 Å². The molecule has 2 aromatic rings. The smallest absolute Gasteiger partial charge is 0.247 e. The molecule has 3 rings (SSSR count). The van der Waals surface area contributed by atoms with Crippen LogP contribution in [0.15, 0.2) is 28.7 Å². The molecule has 1 aromatic carbocycles. The predicted molar refractivity (Wildman–Crippen MR) is 87.7 cm³/mol. The molecule has 0 aliphatic carbocycles. The maximum atomic E-state index is 5.92. The Bertz CT molecular complexity index is 625. The minimum Gasteiger partial charge on any atom is -0.420 e. The zero-order chi connectivity index (χ0) is 15.7. The highest BCUT2D eigenvalue weighted by atomic mass is 16.4. The standard InChI is InChI=1S/C18H25N3O/c1-13-5-7-14(8-6-13)16-19-20-17(22-16)15-9-10-21(11-15)12-18(2,3)4/h5-8,15H,9-12H2,1-4H3. The molecule has 4 heteroatoms. The summed E-state index contributed by atoms with van der Waals surface area (Å²) in [5, 5.41) is 8.51. The minimum atomic E-state index is 0.330. The molecule has 1 aromatic heterocycles. The fraction of sp³-hybridized carbons (Fsp3) is 0.556. The first kappa shape index (κ1) is 15.2. The maximum Gasteiger partial charge on any atom is 0.247 e. The molecular formula is C18H25N3O. The number of hydrogen-bond donors (Lipinski definition) is 0. The third-order valence-corrected chi connectivity index (χ3v) is 4.06. The number of rotatable bonds is 3. The van der Waals surface area contributed by atoms with Gasteiger partial charge >= 0.3 is 0 Å². The van der Waals surface area contributed by atoms with Gasteiger partial charge in [0.1, 0.15) is 0 Å². The van der Waals surface area contributed by atoms with Gasteiger partial charge in [-0.25, -0.2) is 0 Å². The van der Waals surface area contributed by atoms with Crippen LogP contribution in [0.4, 0.5) is 0 Å². The van der Waals surface area contributed by atoms with E-state index in [1.807, 2.05) is 12.1 Å². The van der Waals surface area contributed by atoms with E-state index in [0.717, 1.165) is 37.5 Å². The first-order valence-electron chi connectivity index (χ1n) is 8.03. The van der Waals surface area contributed by atoms with E-state index in [2.05, 4.69) is 54.9 Å². The Morgan fingerprint density at radius 1 is 1.18 bits per heavy atom. The van der Waals surface area contributed by atoms with Crippen molar-refractivity contribution in [2.24, 2.45) is 5.41 Å². The second-order valence-electron chi connectivity index (χ2n) is 7.59. The summed E-state index contributed by atoms with van der Waals surface area (Å²) in [6.07, 6.45) is 1.10.